The van der Waals surface area contributed by atoms with Crippen LogP contribution in [0.1, 0.15) is 40.6 Å². The van der Waals surface area contributed by atoms with E-state index in [-0.39, 0.29) is 0 Å². The summed E-state index contributed by atoms with van der Waals surface area (Å²) in [4.78, 5) is 9.07. The van der Waals surface area contributed by atoms with Crippen LogP contribution in [0, 0.1) is 20.8 Å². The lowest BCUT2D eigenvalue weighted by atomic mass is 10.1. The molecule has 0 aliphatic carbocycles. The van der Waals surface area contributed by atoms with Gasteiger partial charge in [-0.3, -0.25) is 0 Å². The first-order chi connectivity index (χ1) is 14.0. The molecular weight excluding hydrogens is 358 g/mol. The van der Waals surface area contributed by atoms with Crippen molar-refractivity contribution in [2.24, 2.45) is 4.99 Å². The molecule has 0 saturated heterocycles. The second-order valence-electron chi connectivity index (χ2n) is 7.40. The lowest BCUT2D eigenvalue weighted by Crippen LogP contribution is -2.36. The summed E-state index contributed by atoms with van der Waals surface area (Å²) in [5.41, 5.74) is 6.34. The highest BCUT2D eigenvalue weighted by Crippen LogP contribution is 2.11. The Kier molecular flexibility index (Phi) is 7.06. The Bertz CT molecular complexity index is 971. The smallest absolute Gasteiger partial charge is 0.191 e. The number of hydrogen-bond donors (Lipinski definition) is 2. The van der Waals surface area contributed by atoms with Crippen LogP contribution in [0.15, 0.2) is 59.9 Å². The number of aliphatic imine (C=N–C) groups is 1. The third-order valence-corrected chi connectivity index (χ3v) is 4.98. The van der Waals surface area contributed by atoms with E-state index in [0.717, 1.165) is 31.4 Å². The van der Waals surface area contributed by atoms with E-state index in [9.17, 15) is 0 Å². The number of imidazole rings is 1. The maximum Gasteiger partial charge on any atom is 0.191 e. The SMILES string of the molecule is CCNC(=NCc1cccc(Cn2ccnc2C)c1)NCc1ccc(C)cc1C. The Hall–Kier alpha value is -3.08. The van der Waals surface area contributed by atoms with Crippen LogP contribution >= 0.6 is 0 Å². The first-order valence-corrected chi connectivity index (χ1v) is 10.2. The first kappa shape index (κ1) is 20.6. The van der Waals surface area contributed by atoms with E-state index < -0.39 is 0 Å². The molecule has 0 radical (unpaired) electrons. The number of aromatic nitrogens is 2. The summed E-state index contributed by atoms with van der Waals surface area (Å²) >= 11 is 0. The average molecular weight is 390 g/mol. The van der Waals surface area contributed by atoms with Gasteiger partial charge in [-0.05, 0) is 49.9 Å². The molecule has 0 spiro atoms. The van der Waals surface area contributed by atoms with Gasteiger partial charge in [0.2, 0.25) is 0 Å². The number of rotatable bonds is 7. The fraction of sp³-hybridized carbons (Fsp3) is 0.333. The van der Waals surface area contributed by atoms with Crippen LogP contribution in [0.2, 0.25) is 0 Å². The molecule has 29 heavy (non-hydrogen) atoms. The topological polar surface area (TPSA) is 54.2 Å². The van der Waals surface area contributed by atoms with Gasteiger partial charge in [0.1, 0.15) is 5.82 Å². The predicted octanol–water partition coefficient (Wildman–Crippen LogP) is 4.11. The zero-order chi connectivity index (χ0) is 20.6. The maximum absolute atomic E-state index is 4.78. The monoisotopic (exact) mass is 389 g/mol. The quantitative estimate of drug-likeness (QED) is 0.472. The Morgan fingerprint density at radius 2 is 1.86 bits per heavy atom. The highest BCUT2D eigenvalue weighted by atomic mass is 15.2. The summed E-state index contributed by atoms with van der Waals surface area (Å²) < 4.78 is 2.15. The molecular formula is C24H31N5. The third kappa shape index (κ3) is 5.95. The van der Waals surface area contributed by atoms with Crippen LogP contribution in [0.3, 0.4) is 0 Å². The molecule has 1 aromatic heterocycles. The van der Waals surface area contributed by atoms with Gasteiger partial charge < -0.3 is 15.2 Å². The molecule has 0 bridgehead atoms. The van der Waals surface area contributed by atoms with Crippen molar-refractivity contribution in [1.29, 1.82) is 0 Å². The van der Waals surface area contributed by atoms with Gasteiger partial charge in [0, 0.05) is 32.0 Å². The minimum atomic E-state index is 0.638. The molecule has 0 unspecified atom stereocenters. The van der Waals surface area contributed by atoms with Crippen molar-refractivity contribution >= 4 is 5.96 Å². The number of aryl methyl sites for hydroxylation is 3. The van der Waals surface area contributed by atoms with Crippen molar-refractivity contribution in [3.8, 4) is 0 Å². The summed E-state index contributed by atoms with van der Waals surface area (Å²) in [5, 5.41) is 6.79. The van der Waals surface area contributed by atoms with E-state index in [0.29, 0.717) is 6.54 Å². The highest BCUT2D eigenvalue weighted by molar-refractivity contribution is 5.79. The van der Waals surface area contributed by atoms with E-state index in [4.69, 9.17) is 4.99 Å². The van der Waals surface area contributed by atoms with Gasteiger partial charge in [-0.25, -0.2) is 9.98 Å². The van der Waals surface area contributed by atoms with Crippen molar-refractivity contribution < 1.29 is 0 Å². The van der Waals surface area contributed by atoms with Gasteiger partial charge in [-0.15, -0.1) is 0 Å². The molecule has 2 N–H and O–H groups in total. The highest BCUT2D eigenvalue weighted by Gasteiger charge is 2.03. The van der Waals surface area contributed by atoms with Crippen molar-refractivity contribution in [2.75, 3.05) is 6.54 Å². The molecule has 0 amide bonds. The van der Waals surface area contributed by atoms with Gasteiger partial charge >= 0.3 is 0 Å². The Morgan fingerprint density at radius 3 is 2.59 bits per heavy atom. The third-order valence-electron chi connectivity index (χ3n) is 4.98. The molecule has 5 nitrogen and oxygen atoms in total. The zero-order valence-corrected chi connectivity index (χ0v) is 17.9. The van der Waals surface area contributed by atoms with Crippen LogP contribution in [0.5, 0.6) is 0 Å². The summed E-state index contributed by atoms with van der Waals surface area (Å²) in [7, 11) is 0. The number of nitrogens with one attached hydrogen (secondary N) is 2. The normalized spacial score (nSPS) is 11.5. The zero-order valence-electron chi connectivity index (χ0n) is 17.9. The van der Waals surface area contributed by atoms with Gasteiger partial charge in [0.05, 0.1) is 6.54 Å². The standard InChI is InChI=1S/C24H31N5/c1-5-25-24(28-16-23-10-9-18(2)13-19(23)3)27-15-21-7-6-8-22(14-21)17-29-12-11-26-20(29)4/h6-14H,5,15-17H2,1-4H3,(H2,25,27,28). The van der Waals surface area contributed by atoms with Gasteiger partial charge in [-0.2, -0.15) is 0 Å². The van der Waals surface area contributed by atoms with E-state index in [1.165, 1.54) is 27.8 Å². The first-order valence-electron chi connectivity index (χ1n) is 10.2. The van der Waals surface area contributed by atoms with Gasteiger partial charge in [-0.1, -0.05) is 48.0 Å². The number of guanidine groups is 1. The predicted molar refractivity (Wildman–Crippen MR) is 120 cm³/mol. The van der Waals surface area contributed by atoms with E-state index in [2.05, 4.69) is 83.4 Å². The summed E-state index contributed by atoms with van der Waals surface area (Å²) in [5.74, 6) is 1.86. The second-order valence-corrected chi connectivity index (χ2v) is 7.40. The van der Waals surface area contributed by atoms with Crippen molar-refractivity contribution in [3.63, 3.8) is 0 Å². The van der Waals surface area contributed by atoms with Crippen LogP contribution in [0.4, 0.5) is 0 Å². The number of nitrogens with zero attached hydrogens (tertiary/aromatic N) is 3. The van der Waals surface area contributed by atoms with E-state index in [1.54, 1.807) is 0 Å². The van der Waals surface area contributed by atoms with Crippen molar-refractivity contribution in [3.05, 3.63) is 88.5 Å². The van der Waals surface area contributed by atoms with Crippen LogP contribution < -0.4 is 10.6 Å². The van der Waals surface area contributed by atoms with Crippen LogP contribution in [-0.2, 0) is 19.6 Å². The summed E-state index contributed by atoms with van der Waals surface area (Å²) in [6.07, 6.45) is 3.86. The molecule has 3 aromatic rings. The summed E-state index contributed by atoms with van der Waals surface area (Å²) in [6.45, 7) is 11.4. The molecule has 3 rings (SSSR count). The Morgan fingerprint density at radius 1 is 1.03 bits per heavy atom. The molecule has 5 heteroatoms. The minimum Gasteiger partial charge on any atom is -0.357 e. The van der Waals surface area contributed by atoms with Gasteiger partial charge in [0.15, 0.2) is 5.96 Å². The molecule has 152 valence electrons. The minimum absolute atomic E-state index is 0.638. The fourth-order valence-corrected chi connectivity index (χ4v) is 3.33. The maximum atomic E-state index is 4.78. The lowest BCUT2D eigenvalue weighted by Gasteiger charge is -2.13. The van der Waals surface area contributed by atoms with E-state index in [1.807, 2.05) is 19.3 Å². The molecule has 2 aromatic carbocycles. The molecule has 0 fully saturated rings. The lowest BCUT2D eigenvalue weighted by molar-refractivity contribution is 0.760. The largest absolute Gasteiger partial charge is 0.357 e. The fourth-order valence-electron chi connectivity index (χ4n) is 3.33. The number of hydrogen-bond acceptors (Lipinski definition) is 2. The van der Waals surface area contributed by atoms with Gasteiger partial charge in [0.25, 0.3) is 0 Å². The molecule has 0 saturated carbocycles. The van der Waals surface area contributed by atoms with Crippen LogP contribution in [0.25, 0.3) is 0 Å². The van der Waals surface area contributed by atoms with E-state index >= 15 is 0 Å². The Labute approximate surface area is 173 Å². The molecule has 1 heterocycles. The summed E-state index contributed by atoms with van der Waals surface area (Å²) in [6, 6.07) is 15.1. The average Bonchev–Trinajstić information content (AvgIpc) is 3.10. The van der Waals surface area contributed by atoms with Crippen molar-refractivity contribution in [2.45, 2.75) is 47.3 Å². The number of benzene rings is 2. The van der Waals surface area contributed by atoms with Crippen LogP contribution in [-0.4, -0.2) is 22.1 Å². The molecule has 0 atom stereocenters. The molecule has 0 aliphatic heterocycles. The van der Waals surface area contributed by atoms with Crippen molar-refractivity contribution in [1.82, 2.24) is 20.2 Å². The molecule has 0 aliphatic rings. The second kappa shape index (κ2) is 9.92. The Balaban J connectivity index is 1.65.